The van der Waals surface area contributed by atoms with E-state index in [0.29, 0.717) is 0 Å². The van der Waals surface area contributed by atoms with Gasteiger partial charge in [-0.15, -0.1) is 0 Å². The van der Waals surface area contributed by atoms with Crippen molar-refractivity contribution < 1.29 is 0 Å². The third-order valence-electron chi connectivity index (χ3n) is 23.8. The van der Waals surface area contributed by atoms with Crippen molar-refractivity contribution >= 4 is 86.2 Å². The molecule has 0 nitrogen and oxygen atoms in total. The molecule has 0 amide bonds. The standard InChI is InChI=1S/C64H42.C52H34/c1-3-19-43(20-4-1)49-23-7-9-25-51(49)45-35-39-47(40-36-45)61-53-27-11-15-31-57(53)63(58-32-16-12-28-54(58)61)64-59-33-17-13-29-55(59)62(56-30-14-18-34-60(56)64)48-41-37-46(38-42-48)52-26-10-8-24-50(52)44-21-5-2-6-22-44;1-3-15-35(16-4-1)37-27-31-39(32-28-37)49-41-19-7-11-23-45(41)51(46-24-12-8-20-42(46)49)52-47-25-13-9-21-43(47)50(44-22-10-14-26-48(44)52)40-33-29-38(30-34-40)36-17-5-2-6-18-36/h1-42H;1-34H. The van der Waals surface area contributed by atoms with E-state index in [1.54, 1.807) is 0 Å². The van der Waals surface area contributed by atoms with Crippen LogP contribution < -0.4 is 0 Å². The number of rotatable bonds is 12. The van der Waals surface area contributed by atoms with E-state index in [1.165, 1.54) is 220 Å². The molecule has 0 aromatic heterocycles. The molecule has 116 heavy (non-hydrogen) atoms. The number of fused-ring (bicyclic) bond motifs is 8. The Hall–Kier alpha value is -15.1. The van der Waals surface area contributed by atoms with Crippen LogP contribution in [0.25, 0.3) is 220 Å². The molecule has 0 heteroatoms. The highest BCUT2D eigenvalue weighted by Gasteiger charge is 2.26. The van der Waals surface area contributed by atoms with Crippen molar-refractivity contribution in [3.63, 3.8) is 0 Å². The maximum Gasteiger partial charge on any atom is -0.00139 e. The summed E-state index contributed by atoms with van der Waals surface area (Å²) in [6.07, 6.45) is 0. The van der Waals surface area contributed by atoms with Gasteiger partial charge in [-0.2, -0.15) is 0 Å². The number of hydrogen-bond acceptors (Lipinski definition) is 0. The Bertz CT molecular complexity index is 6790. The highest BCUT2D eigenvalue weighted by atomic mass is 14.3. The molecular formula is C116H76. The van der Waals surface area contributed by atoms with Crippen molar-refractivity contribution in [1.82, 2.24) is 0 Å². The summed E-state index contributed by atoms with van der Waals surface area (Å²) >= 11 is 0. The highest BCUT2D eigenvalue weighted by molar-refractivity contribution is 6.32. The van der Waals surface area contributed by atoms with Crippen molar-refractivity contribution in [3.8, 4) is 134 Å². The number of hydrogen-bond donors (Lipinski definition) is 0. The molecule has 0 spiro atoms. The van der Waals surface area contributed by atoms with Crippen LogP contribution >= 0.6 is 0 Å². The first-order chi connectivity index (χ1) is 57.6. The van der Waals surface area contributed by atoms with Gasteiger partial charge in [0.15, 0.2) is 0 Å². The van der Waals surface area contributed by atoms with Crippen LogP contribution in [0, 0.1) is 0 Å². The summed E-state index contributed by atoms with van der Waals surface area (Å²) in [4.78, 5) is 0. The van der Waals surface area contributed by atoms with Gasteiger partial charge in [-0.1, -0.05) is 461 Å². The van der Waals surface area contributed by atoms with Crippen LogP contribution in [0.4, 0.5) is 0 Å². The van der Waals surface area contributed by atoms with E-state index < -0.39 is 0 Å². The topological polar surface area (TPSA) is 0 Å². The minimum Gasteiger partial charge on any atom is -0.0622 e. The third-order valence-corrected chi connectivity index (χ3v) is 23.8. The van der Waals surface area contributed by atoms with Crippen LogP contribution in [0.1, 0.15) is 0 Å². The van der Waals surface area contributed by atoms with Crippen molar-refractivity contribution in [2.24, 2.45) is 0 Å². The van der Waals surface area contributed by atoms with E-state index in [2.05, 4.69) is 461 Å². The van der Waals surface area contributed by atoms with E-state index in [9.17, 15) is 0 Å². The summed E-state index contributed by atoms with van der Waals surface area (Å²) in [5, 5.41) is 20.1. The molecule has 0 aliphatic carbocycles. The lowest BCUT2D eigenvalue weighted by Gasteiger charge is -2.22. The largest absolute Gasteiger partial charge is 0.0622 e. The smallest absolute Gasteiger partial charge is 0.00139 e. The van der Waals surface area contributed by atoms with Crippen LogP contribution in [0.2, 0.25) is 0 Å². The molecular weight excluding hydrogens is 1390 g/mol. The van der Waals surface area contributed by atoms with Crippen molar-refractivity contribution in [2.45, 2.75) is 0 Å². The molecule has 0 saturated carbocycles. The predicted octanol–water partition coefficient (Wildman–Crippen LogP) is 32.6. The van der Waals surface area contributed by atoms with Crippen LogP contribution in [0.3, 0.4) is 0 Å². The zero-order chi connectivity index (χ0) is 76.8. The van der Waals surface area contributed by atoms with E-state index in [0.717, 1.165) is 0 Å². The Morgan fingerprint density at radius 3 is 0.362 bits per heavy atom. The second kappa shape index (κ2) is 29.9. The molecule has 0 fully saturated rings. The zero-order valence-electron chi connectivity index (χ0n) is 63.9. The third kappa shape index (κ3) is 12.2. The Labute approximate surface area is 676 Å². The van der Waals surface area contributed by atoms with Gasteiger partial charge in [0.2, 0.25) is 0 Å². The minimum absolute atomic E-state index is 1.21. The first-order valence-electron chi connectivity index (χ1n) is 40.2. The molecule has 0 heterocycles. The Kier molecular flexibility index (Phi) is 17.7. The summed E-state index contributed by atoms with van der Waals surface area (Å²) in [7, 11) is 0. The summed E-state index contributed by atoms with van der Waals surface area (Å²) in [6.45, 7) is 0. The van der Waals surface area contributed by atoms with E-state index in [4.69, 9.17) is 0 Å². The van der Waals surface area contributed by atoms with Gasteiger partial charge in [0, 0.05) is 0 Å². The lowest BCUT2D eigenvalue weighted by molar-refractivity contribution is 1.58. The first-order valence-corrected chi connectivity index (χ1v) is 40.2. The second-order valence-electron chi connectivity index (χ2n) is 30.2. The quantitative estimate of drug-likeness (QED) is 0.107. The highest BCUT2D eigenvalue weighted by Crippen LogP contribution is 2.54. The SMILES string of the molecule is c1ccc(-c2ccc(-c3c4ccccc4c(-c4c5ccccc5c(-c5ccc(-c6ccccc6)cc5)c5ccccc45)c4ccccc34)cc2)cc1.c1ccc(-c2ccccc2-c2ccc(-c3c4ccccc4c(-c4c5ccccc5c(-c5ccc(-c6ccccc6-c6ccccc6)cc5)c5ccccc45)c4ccccc34)cc2)cc1. The molecule has 0 saturated heterocycles. The normalized spacial score (nSPS) is 11.4. The fourth-order valence-corrected chi connectivity index (χ4v) is 18.6. The lowest BCUT2D eigenvalue weighted by Crippen LogP contribution is -1.95. The molecule has 22 aromatic carbocycles. The van der Waals surface area contributed by atoms with Crippen LogP contribution in [0.5, 0.6) is 0 Å². The molecule has 0 bridgehead atoms. The van der Waals surface area contributed by atoms with Crippen LogP contribution in [-0.4, -0.2) is 0 Å². The van der Waals surface area contributed by atoms with E-state index in [1.807, 2.05) is 0 Å². The van der Waals surface area contributed by atoms with Crippen LogP contribution in [-0.2, 0) is 0 Å². The Morgan fingerprint density at radius 1 is 0.0690 bits per heavy atom. The van der Waals surface area contributed by atoms with Crippen molar-refractivity contribution in [2.75, 3.05) is 0 Å². The summed E-state index contributed by atoms with van der Waals surface area (Å²) in [5.74, 6) is 0. The minimum atomic E-state index is 1.21. The van der Waals surface area contributed by atoms with Gasteiger partial charge < -0.3 is 0 Å². The van der Waals surface area contributed by atoms with E-state index >= 15 is 0 Å². The molecule has 22 rings (SSSR count). The molecule has 0 aliphatic heterocycles. The molecule has 0 N–H and O–H groups in total. The monoisotopic (exact) mass is 1470 g/mol. The Morgan fingerprint density at radius 2 is 0.181 bits per heavy atom. The second-order valence-corrected chi connectivity index (χ2v) is 30.2. The summed E-state index contributed by atoms with van der Waals surface area (Å²) < 4.78 is 0. The molecule has 0 unspecified atom stereocenters. The van der Waals surface area contributed by atoms with Crippen LogP contribution in [0.15, 0.2) is 461 Å². The van der Waals surface area contributed by atoms with Gasteiger partial charge in [0.1, 0.15) is 0 Å². The summed E-state index contributed by atoms with van der Waals surface area (Å²) in [5.41, 5.74) is 29.8. The molecule has 0 aliphatic rings. The maximum atomic E-state index is 2.33. The average molecular weight is 1470 g/mol. The zero-order valence-corrected chi connectivity index (χ0v) is 63.9. The maximum absolute atomic E-state index is 2.33. The Balaban J connectivity index is 0.000000148. The van der Waals surface area contributed by atoms with E-state index in [-0.39, 0.29) is 0 Å². The molecule has 0 atom stereocenters. The fourth-order valence-electron chi connectivity index (χ4n) is 18.6. The molecule has 540 valence electrons. The van der Waals surface area contributed by atoms with Gasteiger partial charge in [-0.05, 0) is 220 Å². The van der Waals surface area contributed by atoms with Gasteiger partial charge >= 0.3 is 0 Å². The first kappa shape index (κ1) is 68.9. The average Bonchev–Trinajstić information content (AvgIpc) is 0.714. The lowest BCUT2D eigenvalue weighted by atomic mass is 9.81. The molecule has 0 radical (unpaired) electrons. The molecule has 22 aromatic rings. The fraction of sp³-hybridized carbons (Fsp3) is 0. The van der Waals surface area contributed by atoms with Crippen molar-refractivity contribution in [1.29, 1.82) is 0 Å². The van der Waals surface area contributed by atoms with Crippen molar-refractivity contribution in [3.05, 3.63) is 461 Å². The van der Waals surface area contributed by atoms with Gasteiger partial charge in [0.25, 0.3) is 0 Å². The van der Waals surface area contributed by atoms with Gasteiger partial charge in [0.05, 0.1) is 0 Å². The van der Waals surface area contributed by atoms with Gasteiger partial charge in [-0.25, -0.2) is 0 Å². The van der Waals surface area contributed by atoms with Gasteiger partial charge in [-0.3, -0.25) is 0 Å². The number of benzene rings is 22. The predicted molar refractivity (Wildman–Crippen MR) is 498 cm³/mol. The summed E-state index contributed by atoms with van der Waals surface area (Å²) in [6, 6.07) is 169.